The summed E-state index contributed by atoms with van der Waals surface area (Å²) in [6.07, 6.45) is 0. The Bertz CT molecular complexity index is 61.8. The SMILES string of the molecule is CC.CNC1(C)CNC1. The maximum absolute atomic E-state index is 3.22. The standard InChI is InChI=1S/C5H12N2.C2H6/c1-5(6-2)3-7-4-5;1-2/h6-7H,3-4H2,1-2H3;1-2H3. The molecule has 9 heavy (non-hydrogen) atoms. The molecule has 0 aromatic rings. The topological polar surface area (TPSA) is 24.1 Å². The van der Waals surface area contributed by atoms with Gasteiger partial charge < -0.3 is 10.6 Å². The van der Waals surface area contributed by atoms with Gasteiger partial charge in [-0.05, 0) is 14.0 Å². The van der Waals surface area contributed by atoms with Crippen LogP contribution in [0.1, 0.15) is 20.8 Å². The van der Waals surface area contributed by atoms with E-state index in [1.165, 1.54) is 0 Å². The highest BCUT2D eigenvalue weighted by molar-refractivity contribution is 4.94. The normalized spacial score (nSPS) is 21.3. The fourth-order valence-electron chi connectivity index (χ4n) is 0.677. The molecule has 1 aliphatic heterocycles. The average Bonchev–Trinajstić information content (AvgIpc) is 1.88. The summed E-state index contributed by atoms with van der Waals surface area (Å²) in [5.41, 5.74) is 0.403. The average molecular weight is 130 g/mol. The lowest BCUT2D eigenvalue weighted by Gasteiger charge is -2.38. The molecule has 1 saturated heterocycles. The highest BCUT2D eigenvalue weighted by Crippen LogP contribution is 2.06. The van der Waals surface area contributed by atoms with Gasteiger partial charge in [-0.15, -0.1) is 0 Å². The van der Waals surface area contributed by atoms with Crippen LogP contribution in [-0.4, -0.2) is 25.7 Å². The van der Waals surface area contributed by atoms with Crippen LogP contribution in [-0.2, 0) is 0 Å². The van der Waals surface area contributed by atoms with Crippen LogP contribution in [0.15, 0.2) is 0 Å². The van der Waals surface area contributed by atoms with Crippen molar-refractivity contribution in [3.8, 4) is 0 Å². The van der Waals surface area contributed by atoms with Crippen molar-refractivity contribution in [1.82, 2.24) is 10.6 Å². The van der Waals surface area contributed by atoms with Gasteiger partial charge in [0.2, 0.25) is 0 Å². The van der Waals surface area contributed by atoms with Gasteiger partial charge in [0.05, 0.1) is 0 Å². The number of nitrogens with one attached hydrogen (secondary N) is 2. The molecule has 0 saturated carbocycles. The fraction of sp³-hybridized carbons (Fsp3) is 1.00. The summed E-state index contributed by atoms with van der Waals surface area (Å²) < 4.78 is 0. The van der Waals surface area contributed by atoms with Crippen molar-refractivity contribution < 1.29 is 0 Å². The van der Waals surface area contributed by atoms with Crippen molar-refractivity contribution >= 4 is 0 Å². The Hall–Kier alpha value is -0.0800. The largest absolute Gasteiger partial charge is 0.313 e. The van der Waals surface area contributed by atoms with Crippen LogP contribution in [0, 0.1) is 0 Å². The van der Waals surface area contributed by atoms with Gasteiger partial charge >= 0.3 is 0 Å². The molecular formula is C7H18N2. The molecule has 1 heterocycles. The molecule has 1 aliphatic rings. The lowest BCUT2D eigenvalue weighted by atomic mass is 9.96. The Labute approximate surface area is 58.0 Å². The quantitative estimate of drug-likeness (QED) is 0.543. The van der Waals surface area contributed by atoms with Crippen molar-refractivity contribution in [2.24, 2.45) is 0 Å². The van der Waals surface area contributed by atoms with Gasteiger partial charge in [-0.3, -0.25) is 0 Å². The van der Waals surface area contributed by atoms with Crippen LogP contribution in [0.3, 0.4) is 0 Å². The molecule has 56 valence electrons. The van der Waals surface area contributed by atoms with Crippen molar-refractivity contribution in [3.05, 3.63) is 0 Å². The molecule has 2 N–H and O–H groups in total. The molecule has 0 amide bonds. The predicted molar refractivity (Wildman–Crippen MR) is 41.7 cm³/mol. The Kier molecular flexibility index (Phi) is 3.82. The van der Waals surface area contributed by atoms with E-state index in [2.05, 4.69) is 17.6 Å². The number of hydrogen-bond donors (Lipinski definition) is 2. The van der Waals surface area contributed by atoms with Crippen LogP contribution in [0.2, 0.25) is 0 Å². The molecule has 0 bridgehead atoms. The van der Waals surface area contributed by atoms with E-state index in [1.54, 1.807) is 0 Å². The van der Waals surface area contributed by atoms with Gasteiger partial charge in [-0.1, -0.05) is 13.8 Å². The van der Waals surface area contributed by atoms with E-state index in [4.69, 9.17) is 0 Å². The molecule has 0 aromatic carbocycles. The Balaban J connectivity index is 0.000000291. The highest BCUT2D eigenvalue weighted by Gasteiger charge is 2.28. The third kappa shape index (κ3) is 2.33. The van der Waals surface area contributed by atoms with E-state index >= 15 is 0 Å². The Morgan fingerprint density at radius 2 is 1.78 bits per heavy atom. The van der Waals surface area contributed by atoms with Crippen LogP contribution >= 0.6 is 0 Å². The number of rotatable bonds is 1. The third-order valence-electron chi connectivity index (χ3n) is 1.63. The number of hydrogen-bond acceptors (Lipinski definition) is 2. The minimum Gasteiger partial charge on any atom is -0.313 e. The van der Waals surface area contributed by atoms with Crippen molar-refractivity contribution in [3.63, 3.8) is 0 Å². The molecule has 0 atom stereocenters. The zero-order valence-electron chi connectivity index (χ0n) is 6.91. The molecule has 0 radical (unpaired) electrons. The lowest BCUT2D eigenvalue weighted by Crippen LogP contribution is -2.64. The molecular weight excluding hydrogens is 112 g/mol. The molecule has 0 aromatic heterocycles. The van der Waals surface area contributed by atoms with Crippen molar-refractivity contribution in [2.45, 2.75) is 26.3 Å². The minimum atomic E-state index is 0.403. The first-order valence-electron chi connectivity index (χ1n) is 3.66. The molecule has 0 spiro atoms. The molecule has 0 aliphatic carbocycles. The molecule has 0 unspecified atom stereocenters. The van der Waals surface area contributed by atoms with Gasteiger partial charge in [-0.25, -0.2) is 0 Å². The lowest BCUT2D eigenvalue weighted by molar-refractivity contribution is 0.256. The van der Waals surface area contributed by atoms with Crippen molar-refractivity contribution in [2.75, 3.05) is 20.1 Å². The second kappa shape index (κ2) is 3.85. The summed E-state index contributed by atoms with van der Waals surface area (Å²) in [5.74, 6) is 0. The van der Waals surface area contributed by atoms with E-state index in [9.17, 15) is 0 Å². The van der Waals surface area contributed by atoms with Crippen LogP contribution in [0.4, 0.5) is 0 Å². The third-order valence-corrected chi connectivity index (χ3v) is 1.63. The summed E-state index contributed by atoms with van der Waals surface area (Å²) in [4.78, 5) is 0. The maximum Gasteiger partial charge on any atom is 0.0401 e. The Morgan fingerprint density at radius 1 is 1.33 bits per heavy atom. The highest BCUT2D eigenvalue weighted by atomic mass is 15.1. The van der Waals surface area contributed by atoms with E-state index in [0.29, 0.717) is 5.54 Å². The summed E-state index contributed by atoms with van der Waals surface area (Å²) >= 11 is 0. The van der Waals surface area contributed by atoms with Gasteiger partial charge in [0.1, 0.15) is 0 Å². The van der Waals surface area contributed by atoms with E-state index < -0.39 is 0 Å². The molecule has 2 nitrogen and oxygen atoms in total. The van der Waals surface area contributed by atoms with Crippen molar-refractivity contribution in [1.29, 1.82) is 0 Å². The number of likely N-dealkylation sites (N-methyl/N-ethyl adjacent to an activating group) is 1. The summed E-state index contributed by atoms with van der Waals surface area (Å²) in [7, 11) is 2.00. The maximum atomic E-state index is 3.22. The van der Waals surface area contributed by atoms with Gasteiger partial charge in [0.25, 0.3) is 0 Å². The first-order valence-corrected chi connectivity index (χ1v) is 3.66. The van der Waals surface area contributed by atoms with E-state index in [0.717, 1.165) is 13.1 Å². The predicted octanol–water partition coefficient (Wildman–Crippen LogP) is 0.594. The smallest absolute Gasteiger partial charge is 0.0401 e. The Morgan fingerprint density at radius 3 is 1.78 bits per heavy atom. The van der Waals surface area contributed by atoms with Crippen LogP contribution in [0.5, 0.6) is 0 Å². The summed E-state index contributed by atoms with van der Waals surface area (Å²) in [6, 6.07) is 0. The second-order valence-corrected chi connectivity index (χ2v) is 2.41. The van der Waals surface area contributed by atoms with Gasteiger partial charge in [0, 0.05) is 18.6 Å². The van der Waals surface area contributed by atoms with Crippen LogP contribution < -0.4 is 10.6 Å². The summed E-state index contributed by atoms with van der Waals surface area (Å²) in [5, 5.41) is 6.41. The monoisotopic (exact) mass is 130 g/mol. The second-order valence-electron chi connectivity index (χ2n) is 2.41. The molecule has 1 fully saturated rings. The van der Waals surface area contributed by atoms with Gasteiger partial charge in [0.15, 0.2) is 0 Å². The minimum absolute atomic E-state index is 0.403. The molecule has 1 rings (SSSR count). The first kappa shape index (κ1) is 8.92. The fourth-order valence-corrected chi connectivity index (χ4v) is 0.677. The molecule has 2 heteroatoms. The van der Waals surface area contributed by atoms with E-state index in [1.807, 2.05) is 20.9 Å². The van der Waals surface area contributed by atoms with E-state index in [-0.39, 0.29) is 0 Å². The summed E-state index contributed by atoms with van der Waals surface area (Å²) in [6.45, 7) is 8.44. The van der Waals surface area contributed by atoms with Gasteiger partial charge in [-0.2, -0.15) is 0 Å². The zero-order valence-corrected chi connectivity index (χ0v) is 6.91. The van der Waals surface area contributed by atoms with Crippen LogP contribution in [0.25, 0.3) is 0 Å². The zero-order chi connectivity index (χ0) is 7.33. The first-order chi connectivity index (χ1) is 4.27.